The zero-order chi connectivity index (χ0) is 21.8. The van der Waals surface area contributed by atoms with Crippen LogP contribution in [0, 0.1) is 5.92 Å². The molecular weight excluding hydrogens is 410 g/mol. The third kappa shape index (κ3) is 3.80. The van der Waals surface area contributed by atoms with Crippen LogP contribution in [0.1, 0.15) is 67.1 Å². The molecule has 3 aliphatic rings. The zero-order valence-electron chi connectivity index (χ0n) is 18.6. The molecule has 2 fully saturated rings. The number of rotatable bonds is 3. The number of piperidine rings is 1. The van der Waals surface area contributed by atoms with Crippen LogP contribution >= 0.6 is 0 Å². The van der Waals surface area contributed by atoms with E-state index in [1.807, 2.05) is 23.1 Å². The molecule has 3 heterocycles. The molecule has 0 radical (unpaired) electrons. The van der Waals surface area contributed by atoms with E-state index in [-0.39, 0.29) is 5.91 Å². The Hall–Kier alpha value is -1.86. The van der Waals surface area contributed by atoms with E-state index < -0.39 is 10.0 Å². The zero-order valence-corrected chi connectivity index (χ0v) is 19.5. The average Bonchev–Trinajstić information content (AvgIpc) is 3.39. The largest absolute Gasteiger partial charge is 0.339 e. The van der Waals surface area contributed by atoms with Crippen molar-refractivity contribution in [3.63, 3.8) is 0 Å². The lowest BCUT2D eigenvalue weighted by molar-refractivity contribution is 0.0697. The summed E-state index contributed by atoms with van der Waals surface area (Å²) in [6.07, 6.45) is 9.14. The van der Waals surface area contributed by atoms with Gasteiger partial charge in [-0.3, -0.25) is 9.69 Å². The van der Waals surface area contributed by atoms with Crippen LogP contribution in [0.4, 0.5) is 0 Å². The highest BCUT2D eigenvalue weighted by Crippen LogP contribution is 2.36. The number of carbonyl (C=O) groups excluding carboxylic acids is 1. The summed E-state index contributed by atoms with van der Waals surface area (Å²) in [6.45, 7) is 5.52. The summed E-state index contributed by atoms with van der Waals surface area (Å²) in [6, 6.07) is 6.21. The lowest BCUT2D eigenvalue weighted by Gasteiger charge is -2.33. The van der Waals surface area contributed by atoms with E-state index in [1.54, 1.807) is 0 Å². The molecule has 2 aromatic rings. The van der Waals surface area contributed by atoms with Crippen LogP contribution in [0.25, 0.3) is 10.9 Å². The number of benzene rings is 1. The van der Waals surface area contributed by atoms with Crippen LogP contribution in [-0.4, -0.2) is 60.0 Å². The van der Waals surface area contributed by atoms with Crippen molar-refractivity contribution in [3.05, 3.63) is 35.0 Å². The highest BCUT2D eigenvalue weighted by Gasteiger charge is 2.32. The van der Waals surface area contributed by atoms with Crippen molar-refractivity contribution in [1.29, 1.82) is 0 Å². The molecule has 5 rings (SSSR count). The first-order valence-corrected chi connectivity index (χ1v) is 13.6. The second-order valence-corrected chi connectivity index (χ2v) is 11.6. The Bertz CT molecular complexity index is 1110. The Labute approximate surface area is 185 Å². The Morgan fingerprint density at radius 1 is 1.03 bits per heavy atom. The first kappa shape index (κ1) is 21.0. The number of fused-ring (bicyclic) bond motifs is 3. The predicted octanol–water partition coefficient (Wildman–Crippen LogP) is 3.62. The van der Waals surface area contributed by atoms with E-state index in [1.165, 1.54) is 35.9 Å². The third-order valence-corrected chi connectivity index (χ3v) is 8.70. The van der Waals surface area contributed by atoms with E-state index in [0.29, 0.717) is 23.0 Å². The van der Waals surface area contributed by atoms with Gasteiger partial charge in [-0.1, -0.05) is 19.8 Å². The standard InChI is InChI=1S/C24H33N3O3S/c1-17-9-12-25(13-10-17)24(28)18-7-8-22-20(15-18)21-16-26(19-5-3-4-6-19)14-11-23(21)27(22)31(2,29)30/h7-8,15,17,19H,3-6,9-14,16H2,1-2H3. The quantitative estimate of drug-likeness (QED) is 0.727. The summed E-state index contributed by atoms with van der Waals surface area (Å²) in [5.41, 5.74) is 3.39. The van der Waals surface area contributed by atoms with Crippen molar-refractivity contribution in [3.8, 4) is 0 Å². The van der Waals surface area contributed by atoms with Crippen molar-refractivity contribution >= 4 is 26.8 Å². The molecule has 0 atom stereocenters. The van der Waals surface area contributed by atoms with Gasteiger partial charge in [0.25, 0.3) is 5.91 Å². The van der Waals surface area contributed by atoms with Crippen LogP contribution in [0.5, 0.6) is 0 Å². The van der Waals surface area contributed by atoms with Crippen molar-refractivity contribution in [2.45, 2.75) is 64.5 Å². The summed E-state index contributed by atoms with van der Waals surface area (Å²) in [5.74, 6) is 0.738. The molecule has 0 N–H and O–H groups in total. The Kier molecular flexibility index (Phi) is 5.37. The van der Waals surface area contributed by atoms with Crippen molar-refractivity contribution in [2.24, 2.45) is 5.92 Å². The molecule has 6 nitrogen and oxygen atoms in total. The molecule has 1 amide bonds. The molecule has 0 unspecified atom stereocenters. The van der Waals surface area contributed by atoms with Gasteiger partial charge in [0.15, 0.2) is 0 Å². The van der Waals surface area contributed by atoms with Gasteiger partial charge in [0, 0.05) is 55.3 Å². The molecule has 0 spiro atoms. The molecule has 1 aromatic carbocycles. The molecular formula is C24H33N3O3S. The van der Waals surface area contributed by atoms with Gasteiger partial charge in [-0.15, -0.1) is 0 Å². The van der Waals surface area contributed by atoms with Crippen molar-refractivity contribution in [2.75, 3.05) is 25.9 Å². The van der Waals surface area contributed by atoms with Crippen LogP contribution in [0.2, 0.25) is 0 Å². The molecule has 0 bridgehead atoms. The predicted molar refractivity (Wildman–Crippen MR) is 123 cm³/mol. The fraction of sp³-hybridized carbons (Fsp3) is 0.625. The van der Waals surface area contributed by atoms with Gasteiger partial charge in [-0.05, 0) is 55.4 Å². The summed E-state index contributed by atoms with van der Waals surface area (Å²) >= 11 is 0. The third-order valence-electron chi connectivity index (χ3n) is 7.62. The SMILES string of the molecule is CC1CCN(C(=O)c2ccc3c(c2)c2c(n3S(C)(=O)=O)CCN(C3CCCC3)C2)CC1. The van der Waals surface area contributed by atoms with Crippen LogP contribution in [0.15, 0.2) is 18.2 Å². The molecule has 1 saturated heterocycles. The molecule has 168 valence electrons. The van der Waals surface area contributed by atoms with Gasteiger partial charge < -0.3 is 4.90 Å². The maximum absolute atomic E-state index is 13.2. The lowest BCUT2D eigenvalue weighted by atomic mass is 9.98. The van der Waals surface area contributed by atoms with Crippen LogP contribution in [-0.2, 0) is 23.0 Å². The monoisotopic (exact) mass is 443 g/mol. The molecule has 31 heavy (non-hydrogen) atoms. The smallest absolute Gasteiger partial charge is 0.253 e. The van der Waals surface area contributed by atoms with E-state index in [9.17, 15) is 13.2 Å². The Balaban J connectivity index is 1.55. The summed E-state index contributed by atoms with van der Waals surface area (Å²) in [4.78, 5) is 17.7. The second-order valence-electron chi connectivity index (χ2n) is 9.82. The minimum Gasteiger partial charge on any atom is -0.339 e. The second kappa shape index (κ2) is 7.93. The molecule has 1 aromatic heterocycles. The van der Waals surface area contributed by atoms with Gasteiger partial charge >= 0.3 is 0 Å². The number of carbonyl (C=O) groups is 1. The minimum atomic E-state index is -3.42. The first-order chi connectivity index (χ1) is 14.8. The number of aromatic nitrogens is 1. The summed E-state index contributed by atoms with van der Waals surface area (Å²) in [5, 5.41) is 0.930. The maximum atomic E-state index is 13.2. The van der Waals surface area contributed by atoms with Crippen molar-refractivity contribution in [1.82, 2.24) is 13.8 Å². The van der Waals surface area contributed by atoms with Crippen LogP contribution < -0.4 is 0 Å². The van der Waals surface area contributed by atoms with Crippen molar-refractivity contribution < 1.29 is 13.2 Å². The first-order valence-electron chi connectivity index (χ1n) is 11.7. The summed E-state index contributed by atoms with van der Waals surface area (Å²) in [7, 11) is -3.42. The average molecular weight is 444 g/mol. The normalized spacial score (nSPS) is 21.7. The van der Waals surface area contributed by atoms with Gasteiger partial charge in [-0.25, -0.2) is 12.4 Å². The minimum absolute atomic E-state index is 0.0677. The van der Waals surface area contributed by atoms with Gasteiger partial charge in [0.2, 0.25) is 10.0 Å². The van der Waals surface area contributed by atoms with E-state index in [4.69, 9.17) is 0 Å². The Morgan fingerprint density at radius 3 is 2.42 bits per heavy atom. The number of hydrogen-bond acceptors (Lipinski definition) is 4. The number of hydrogen-bond donors (Lipinski definition) is 0. The number of likely N-dealkylation sites (tertiary alicyclic amines) is 1. The van der Waals surface area contributed by atoms with Gasteiger partial charge in [0.1, 0.15) is 0 Å². The number of amides is 1. The van der Waals surface area contributed by atoms with Crippen LogP contribution in [0.3, 0.4) is 0 Å². The topological polar surface area (TPSA) is 62.6 Å². The molecule has 1 aliphatic carbocycles. The number of nitrogens with zero attached hydrogens (tertiary/aromatic N) is 3. The highest BCUT2D eigenvalue weighted by molar-refractivity contribution is 7.89. The molecule has 7 heteroatoms. The fourth-order valence-corrected chi connectivity index (χ4v) is 6.94. The fourth-order valence-electron chi connectivity index (χ4n) is 5.83. The van der Waals surface area contributed by atoms with E-state index >= 15 is 0 Å². The van der Waals surface area contributed by atoms with E-state index in [0.717, 1.165) is 62.1 Å². The maximum Gasteiger partial charge on any atom is 0.253 e. The molecule has 1 saturated carbocycles. The Morgan fingerprint density at radius 2 is 1.74 bits per heavy atom. The molecule has 2 aliphatic heterocycles. The summed E-state index contributed by atoms with van der Waals surface area (Å²) < 4.78 is 26.9. The van der Waals surface area contributed by atoms with E-state index in [2.05, 4.69) is 11.8 Å². The highest BCUT2D eigenvalue weighted by atomic mass is 32.2. The van der Waals surface area contributed by atoms with Gasteiger partial charge in [0.05, 0.1) is 11.8 Å². The van der Waals surface area contributed by atoms with Gasteiger partial charge in [-0.2, -0.15) is 0 Å². The lowest BCUT2D eigenvalue weighted by Crippen LogP contribution is -2.38.